The standard InChI is InChI=1S/C16H22N4O2S/c21-8-7-20-15-3-1-2-14(13(15)10-18-20)19-16(22)17-6-4-12-5-9-23-11-12/h5,9-11,14,21H,1-4,6-8H2,(H2,17,19,22). The molecule has 0 radical (unpaired) electrons. The predicted octanol–water partition coefficient (Wildman–Crippen LogP) is 1.86. The van der Waals surface area contributed by atoms with E-state index in [1.165, 1.54) is 5.56 Å². The van der Waals surface area contributed by atoms with E-state index in [9.17, 15) is 4.79 Å². The van der Waals surface area contributed by atoms with Gasteiger partial charge in [-0.2, -0.15) is 16.4 Å². The SMILES string of the molecule is O=C(NCCc1ccsc1)NC1CCCc2c1cnn2CCO. The molecular weight excluding hydrogens is 312 g/mol. The Balaban J connectivity index is 1.53. The lowest BCUT2D eigenvalue weighted by Crippen LogP contribution is -2.39. The molecule has 0 aromatic carbocycles. The van der Waals surface area contributed by atoms with E-state index in [2.05, 4.69) is 27.2 Å². The molecule has 1 atom stereocenters. The highest BCUT2D eigenvalue weighted by Crippen LogP contribution is 2.29. The summed E-state index contributed by atoms with van der Waals surface area (Å²) in [5.74, 6) is 0. The molecule has 0 saturated heterocycles. The third kappa shape index (κ3) is 3.92. The smallest absolute Gasteiger partial charge is 0.315 e. The van der Waals surface area contributed by atoms with E-state index in [-0.39, 0.29) is 18.7 Å². The number of hydrogen-bond donors (Lipinski definition) is 3. The van der Waals surface area contributed by atoms with E-state index in [1.54, 1.807) is 11.3 Å². The van der Waals surface area contributed by atoms with E-state index in [1.807, 2.05) is 16.3 Å². The van der Waals surface area contributed by atoms with Crippen molar-refractivity contribution in [3.63, 3.8) is 0 Å². The molecule has 124 valence electrons. The van der Waals surface area contributed by atoms with Crippen molar-refractivity contribution in [3.05, 3.63) is 39.8 Å². The number of carbonyl (C=O) groups excluding carboxylic acids is 1. The van der Waals surface area contributed by atoms with Crippen molar-refractivity contribution in [1.29, 1.82) is 0 Å². The van der Waals surface area contributed by atoms with Gasteiger partial charge in [0.2, 0.25) is 0 Å². The normalized spacial score (nSPS) is 16.8. The number of hydrogen-bond acceptors (Lipinski definition) is 4. The number of nitrogens with one attached hydrogen (secondary N) is 2. The summed E-state index contributed by atoms with van der Waals surface area (Å²) in [5, 5.41) is 23.5. The Hall–Kier alpha value is -1.86. The Morgan fingerprint density at radius 2 is 2.43 bits per heavy atom. The first kappa shape index (κ1) is 16.0. The second-order valence-electron chi connectivity index (χ2n) is 5.72. The number of carbonyl (C=O) groups is 1. The van der Waals surface area contributed by atoms with Crippen LogP contribution in [0.25, 0.3) is 0 Å². The van der Waals surface area contributed by atoms with Crippen LogP contribution in [0.3, 0.4) is 0 Å². The van der Waals surface area contributed by atoms with Crippen LogP contribution in [0.2, 0.25) is 0 Å². The third-order valence-corrected chi connectivity index (χ3v) is 4.89. The van der Waals surface area contributed by atoms with E-state index in [0.29, 0.717) is 13.1 Å². The molecule has 0 spiro atoms. The van der Waals surface area contributed by atoms with E-state index >= 15 is 0 Å². The second kappa shape index (κ2) is 7.61. The molecule has 0 fully saturated rings. The van der Waals surface area contributed by atoms with Gasteiger partial charge in [-0.15, -0.1) is 0 Å². The molecule has 2 amide bonds. The Morgan fingerprint density at radius 1 is 1.52 bits per heavy atom. The Bertz CT molecular complexity index is 639. The van der Waals surface area contributed by atoms with Crippen LogP contribution in [-0.4, -0.2) is 34.1 Å². The minimum absolute atomic E-state index is 0.00680. The second-order valence-corrected chi connectivity index (χ2v) is 6.50. The number of amides is 2. The Kier molecular flexibility index (Phi) is 5.30. The van der Waals surface area contributed by atoms with Gasteiger partial charge >= 0.3 is 6.03 Å². The summed E-state index contributed by atoms with van der Waals surface area (Å²) in [5.41, 5.74) is 3.46. The van der Waals surface area contributed by atoms with Gasteiger partial charge in [0.1, 0.15) is 0 Å². The number of urea groups is 1. The van der Waals surface area contributed by atoms with Gasteiger partial charge < -0.3 is 15.7 Å². The van der Waals surface area contributed by atoms with Crippen LogP contribution in [0.5, 0.6) is 0 Å². The minimum Gasteiger partial charge on any atom is -0.394 e. The van der Waals surface area contributed by atoms with Gasteiger partial charge in [0.15, 0.2) is 0 Å². The molecule has 3 N–H and O–H groups in total. The molecule has 3 rings (SSSR count). The Morgan fingerprint density at radius 3 is 3.22 bits per heavy atom. The van der Waals surface area contributed by atoms with Gasteiger partial charge in [-0.05, 0) is 48.1 Å². The maximum atomic E-state index is 12.1. The summed E-state index contributed by atoms with van der Waals surface area (Å²) in [6.45, 7) is 1.22. The molecule has 2 aromatic heterocycles. The maximum absolute atomic E-state index is 12.1. The topological polar surface area (TPSA) is 79.2 Å². The fraction of sp³-hybridized carbons (Fsp3) is 0.500. The monoisotopic (exact) mass is 334 g/mol. The molecule has 7 heteroatoms. The zero-order valence-electron chi connectivity index (χ0n) is 13.0. The van der Waals surface area contributed by atoms with Gasteiger partial charge in [-0.25, -0.2) is 4.79 Å². The molecule has 0 aliphatic heterocycles. The van der Waals surface area contributed by atoms with Crippen molar-refractivity contribution in [2.45, 2.75) is 38.3 Å². The van der Waals surface area contributed by atoms with Crippen molar-refractivity contribution < 1.29 is 9.90 Å². The highest BCUT2D eigenvalue weighted by molar-refractivity contribution is 7.07. The van der Waals surface area contributed by atoms with Gasteiger partial charge in [0, 0.05) is 17.8 Å². The quantitative estimate of drug-likeness (QED) is 0.754. The van der Waals surface area contributed by atoms with Crippen LogP contribution in [0, 0.1) is 0 Å². The lowest BCUT2D eigenvalue weighted by Gasteiger charge is -2.24. The largest absolute Gasteiger partial charge is 0.394 e. The first-order chi connectivity index (χ1) is 11.3. The average Bonchev–Trinajstić information content (AvgIpc) is 3.19. The van der Waals surface area contributed by atoms with Crippen LogP contribution >= 0.6 is 11.3 Å². The van der Waals surface area contributed by atoms with Crippen LogP contribution in [0.15, 0.2) is 23.0 Å². The van der Waals surface area contributed by atoms with Gasteiger partial charge in [-0.1, -0.05) is 0 Å². The molecule has 0 saturated carbocycles. The van der Waals surface area contributed by atoms with Crippen molar-refractivity contribution in [3.8, 4) is 0 Å². The number of nitrogens with zero attached hydrogens (tertiary/aromatic N) is 2. The zero-order chi connectivity index (χ0) is 16.1. The maximum Gasteiger partial charge on any atom is 0.315 e. The van der Waals surface area contributed by atoms with Crippen molar-refractivity contribution in [2.24, 2.45) is 0 Å². The van der Waals surface area contributed by atoms with Crippen molar-refractivity contribution in [1.82, 2.24) is 20.4 Å². The summed E-state index contributed by atoms with van der Waals surface area (Å²) < 4.78 is 1.84. The summed E-state index contributed by atoms with van der Waals surface area (Å²) in [7, 11) is 0. The summed E-state index contributed by atoms with van der Waals surface area (Å²) >= 11 is 1.67. The van der Waals surface area contributed by atoms with Crippen LogP contribution in [-0.2, 0) is 19.4 Å². The number of fused-ring (bicyclic) bond motifs is 1. The van der Waals surface area contributed by atoms with Crippen LogP contribution < -0.4 is 10.6 Å². The van der Waals surface area contributed by atoms with E-state index in [0.717, 1.165) is 36.9 Å². The first-order valence-electron chi connectivity index (χ1n) is 7.99. The lowest BCUT2D eigenvalue weighted by molar-refractivity contribution is 0.235. The van der Waals surface area contributed by atoms with Crippen molar-refractivity contribution >= 4 is 17.4 Å². The first-order valence-corrected chi connectivity index (χ1v) is 8.93. The third-order valence-electron chi connectivity index (χ3n) is 4.16. The lowest BCUT2D eigenvalue weighted by atomic mass is 9.93. The van der Waals surface area contributed by atoms with E-state index < -0.39 is 0 Å². The number of aliphatic hydroxyl groups is 1. The summed E-state index contributed by atoms with van der Waals surface area (Å²) in [6, 6.07) is 1.95. The van der Waals surface area contributed by atoms with Crippen LogP contribution in [0.1, 0.15) is 35.7 Å². The molecule has 23 heavy (non-hydrogen) atoms. The van der Waals surface area contributed by atoms with Gasteiger partial charge in [0.25, 0.3) is 0 Å². The highest BCUT2D eigenvalue weighted by Gasteiger charge is 2.25. The fourth-order valence-corrected chi connectivity index (χ4v) is 3.72. The molecule has 1 aliphatic rings. The van der Waals surface area contributed by atoms with Crippen LogP contribution in [0.4, 0.5) is 4.79 Å². The highest BCUT2D eigenvalue weighted by atomic mass is 32.1. The van der Waals surface area contributed by atoms with Crippen molar-refractivity contribution in [2.75, 3.05) is 13.2 Å². The fourth-order valence-electron chi connectivity index (χ4n) is 3.02. The number of aliphatic hydroxyl groups excluding tert-OH is 1. The molecular formula is C16H22N4O2S. The summed E-state index contributed by atoms with van der Waals surface area (Å²) in [6.07, 6.45) is 5.56. The number of thiophene rings is 1. The molecule has 6 nitrogen and oxygen atoms in total. The molecule has 1 unspecified atom stereocenters. The van der Waals surface area contributed by atoms with Gasteiger partial charge in [-0.3, -0.25) is 4.68 Å². The molecule has 1 aliphatic carbocycles. The number of rotatable bonds is 6. The zero-order valence-corrected chi connectivity index (χ0v) is 13.8. The molecule has 2 aromatic rings. The number of aromatic nitrogens is 2. The minimum atomic E-state index is -0.131. The van der Waals surface area contributed by atoms with E-state index in [4.69, 9.17) is 5.11 Å². The molecule has 2 heterocycles. The Labute approximate surface area is 139 Å². The molecule has 0 bridgehead atoms. The average molecular weight is 334 g/mol. The summed E-state index contributed by atoms with van der Waals surface area (Å²) in [4.78, 5) is 12.1. The predicted molar refractivity (Wildman–Crippen MR) is 89.5 cm³/mol. The van der Waals surface area contributed by atoms with Gasteiger partial charge in [0.05, 0.1) is 25.4 Å².